The molecule has 4 heteroatoms. The molecule has 196 valence electrons. The Hall–Kier alpha value is -3.66. The Morgan fingerprint density at radius 2 is 1.66 bits per heavy atom. The van der Waals surface area contributed by atoms with Gasteiger partial charge in [-0.25, -0.2) is 4.98 Å². The van der Waals surface area contributed by atoms with E-state index in [0.717, 1.165) is 41.7 Å². The van der Waals surface area contributed by atoms with Crippen LogP contribution in [0.1, 0.15) is 75.2 Å². The topological polar surface area (TPSA) is 50.8 Å². The number of aromatic amines is 1. The van der Waals surface area contributed by atoms with Crippen LogP contribution in [0.2, 0.25) is 0 Å². The van der Waals surface area contributed by atoms with E-state index in [1.54, 1.807) is 0 Å². The molecule has 0 saturated heterocycles. The van der Waals surface area contributed by atoms with Crippen molar-refractivity contribution in [3.05, 3.63) is 89.9 Å². The summed E-state index contributed by atoms with van der Waals surface area (Å²) in [6.45, 7) is 7.20. The number of H-pyrrole nitrogens is 1. The number of nitrogens with one attached hydrogen (secondary N) is 1. The molecule has 2 heterocycles. The van der Waals surface area contributed by atoms with Gasteiger partial charge in [-0.3, -0.25) is 4.98 Å². The van der Waals surface area contributed by atoms with Crippen molar-refractivity contribution in [3.63, 3.8) is 0 Å². The van der Waals surface area contributed by atoms with Crippen molar-refractivity contribution in [3.8, 4) is 16.9 Å². The van der Waals surface area contributed by atoms with Gasteiger partial charge in [0.1, 0.15) is 11.6 Å². The summed E-state index contributed by atoms with van der Waals surface area (Å²) >= 11 is 0. The van der Waals surface area contributed by atoms with Crippen molar-refractivity contribution in [2.24, 2.45) is 0 Å². The lowest BCUT2D eigenvalue weighted by Crippen LogP contribution is -2.05. The van der Waals surface area contributed by atoms with Crippen molar-refractivity contribution in [2.45, 2.75) is 71.6 Å². The molecule has 1 fully saturated rings. The van der Waals surface area contributed by atoms with Crippen LogP contribution in [-0.4, -0.2) is 21.6 Å². The summed E-state index contributed by atoms with van der Waals surface area (Å²) in [5, 5.41) is 1.25. The number of imidazole rings is 1. The summed E-state index contributed by atoms with van der Waals surface area (Å²) in [4.78, 5) is 12.7. The minimum absolute atomic E-state index is 0.608. The number of aromatic nitrogens is 3. The minimum atomic E-state index is 0.608. The number of hydrogen-bond acceptors (Lipinski definition) is 3. The molecule has 0 aliphatic heterocycles. The van der Waals surface area contributed by atoms with Crippen LogP contribution in [0.4, 0.5) is 0 Å². The molecule has 0 unspecified atom stereocenters. The lowest BCUT2D eigenvalue weighted by molar-refractivity contribution is 0.314. The summed E-state index contributed by atoms with van der Waals surface area (Å²) in [5.74, 6) is 2.81. The van der Waals surface area contributed by atoms with Crippen molar-refractivity contribution in [1.82, 2.24) is 15.0 Å². The average Bonchev–Trinajstić information content (AvgIpc) is 3.41. The number of rotatable bonds is 6. The predicted molar refractivity (Wildman–Crippen MR) is 159 cm³/mol. The van der Waals surface area contributed by atoms with E-state index in [1.165, 1.54) is 65.6 Å². The van der Waals surface area contributed by atoms with E-state index in [1.807, 2.05) is 30.5 Å². The molecule has 0 atom stereocenters. The van der Waals surface area contributed by atoms with E-state index in [2.05, 4.69) is 73.2 Å². The van der Waals surface area contributed by atoms with Crippen LogP contribution < -0.4 is 4.74 Å². The van der Waals surface area contributed by atoms with Crippen molar-refractivity contribution in [1.29, 1.82) is 0 Å². The van der Waals surface area contributed by atoms with Crippen LogP contribution in [0.15, 0.2) is 72.9 Å². The second kappa shape index (κ2) is 12.3. The Morgan fingerprint density at radius 1 is 0.868 bits per heavy atom. The summed E-state index contributed by atoms with van der Waals surface area (Å²) in [5.41, 5.74) is 8.34. The lowest BCUT2D eigenvalue weighted by atomic mass is 9.89. The standard InChI is InChI=1S/C24H30N2O.C10H9N/c1-3-14-27-23-13-11-19(15-17(23)4-2)20-10-12-21-22(16-20)26-24(25-21)18-8-6-5-7-9-18;1-8-6-7-11-10-5-3-2-4-9(8)10/h10-13,15-16,18H,3-9,14H2,1-2H3,(H,25,26);2-7H,1H3. The molecule has 0 amide bonds. The summed E-state index contributed by atoms with van der Waals surface area (Å²) < 4.78 is 5.89. The first-order chi connectivity index (χ1) is 18.7. The SMILES string of the molecule is CCCOc1ccc(-c2ccc3nc(C4CCCCC4)[nH]c3c2)cc1CC.Cc1ccnc2ccccc12. The number of fused-ring (bicyclic) bond motifs is 2. The van der Waals surface area contributed by atoms with Crippen LogP contribution in [-0.2, 0) is 6.42 Å². The predicted octanol–water partition coefficient (Wildman–Crippen LogP) is 9.17. The highest BCUT2D eigenvalue weighted by molar-refractivity contribution is 5.83. The summed E-state index contributed by atoms with van der Waals surface area (Å²) in [6, 6.07) is 23.3. The first-order valence-corrected chi connectivity index (χ1v) is 14.2. The van der Waals surface area contributed by atoms with Gasteiger partial charge in [0.25, 0.3) is 0 Å². The van der Waals surface area contributed by atoms with Gasteiger partial charge in [0.2, 0.25) is 0 Å². The van der Waals surface area contributed by atoms with Crippen LogP contribution in [0.25, 0.3) is 33.1 Å². The van der Waals surface area contributed by atoms with Crippen LogP contribution >= 0.6 is 0 Å². The summed E-state index contributed by atoms with van der Waals surface area (Å²) in [7, 11) is 0. The van der Waals surface area contributed by atoms with Crippen molar-refractivity contribution in [2.75, 3.05) is 6.61 Å². The second-order valence-corrected chi connectivity index (χ2v) is 10.4. The normalized spacial score (nSPS) is 13.9. The fourth-order valence-electron chi connectivity index (χ4n) is 5.41. The van der Waals surface area contributed by atoms with E-state index < -0.39 is 0 Å². The molecule has 1 saturated carbocycles. The smallest absolute Gasteiger partial charge is 0.122 e. The van der Waals surface area contributed by atoms with Gasteiger partial charge in [-0.2, -0.15) is 0 Å². The van der Waals surface area contributed by atoms with E-state index >= 15 is 0 Å². The molecule has 38 heavy (non-hydrogen) atoms. The zero-order valence-electron chi connectivity index (χ0n) is 23.0. The van der Waals surface area contributed by atoms with Crippen molar-refractivity contribution >= 4 is 21.9 Å². The highest BCUT2D eigenvalue weighted by Gasteiger charge is 2.19. The quantitative estimate of drug-likeness (QED) is 0.250. The molecule has 6 rings (SSSR count). The minimum Gasteiger partial charge on any atom is -0.493 e. The zero-order chi connectivity index (χ0) is 26.3. The number of aryl methyl sites for hydroxylation is 2. The van der Waals surface area contributed by atoms with E-state index in [-0.39, 0.29) is 0 Å². The Bertz CT molecular complexity index is 1490. The number of para-hydroxylation sites is 1. The average molecular weight is 506 g/mol. The van der Waals surface area contributed by atoms with E-state index in [4.69, 9.17) is 9.72 Å². The molecule has 1 aliphatic rings. The first kappa shape index (κ1) is 26.0. The molecule has 4 nitrogen and oxygen atoms in total. The molecule has 1 aliphatic carbocycles. The highest BCUT2D eigenvalue weighted by atomic mass is 16.5. The van der Waals surface area contributed by atoms with Gasteiger partial charge in [-0.1, -0.05) is 63.4 Å². The first-order valence-electron chi connectivity index (χ1n) is 14.2. The molecule has 1 N–H and O–H groups in total. The Morgan fingerprint density at radius 3 is 2.45 bits per heavy atom. The molecule has 0 bridgehead atoms. The monoisotopic (exact) mass is 505 g/mol. The van der Waals surface area contributed by atoms with E-state index in [9.17, 15) is 0 Å². The van der Waals surface area contributed by atoms with Crippen LogP contribution in [0, 0.1) is 6.92 Å². The molecule has 5 aromatic rings. The Balaban J connectivity index is 0.000000222. The maximum Gasteiger partial charge on any atom is 0.122 e. The van der Waals surface area contributed by atoms with Gasteiger partial charge in [0.15, 0.2) is 0 Å². The highest BCUT2D eigenvalue weighted by Crippen LogP contribution is 2.33. The molecule has 0 spiro atoms. The number of ether oxygens (including phenoxy) is 1. The number of pyridine rings is 1. The molecular formula is C34H39N3O. The third-order valence-electron chi connectivity index (χ3n) is 7.60. The van der Waals surface area contributed by atoms with E-state index in [0.29, 0.717) is 5.92 Å². The largest absolute Gasteiger partial charge is 0.493 e. The molecule has 3 aromatic carbocycles. The number of hydrogen-bond donors (Lipinski definition) is 1. The molecule has 0 radical (unpaired) electrons. The van der Waals surface area contributed by atoms with Gasteiger partial charge in [-0.15, -0.1) is 0 Å². The fraction of sp³-hybridized carbons (Fsp3) is 0.353. The maximum atomic E-state index is 5.89. The maximum absolute atomic E-state index is 5.89. The van der Waals surface area contributed by atoms with Gasteiger partial charge < -0.3 is 9.72 Å². The third-order valence-corrected chi connectivity index (χ3v) is 7.60. The lowest BCUT2D eigenvalue weighted by Gasteiger charge is -2.18. The Kier molecular flexibility index (Phi) is 8.37. The second-order valence-electron chi connectivity index (χ2n) is 10.4. The van der Waals surface area contributed by atoms with Gasteiger partial charge >= 0.3 is 0 Å². The van der Waals surface area contributed by atoms with Crippen molar-refractivity contribution < 1.29 is 4.74 Å². The fourth-order valence-corrected chi connectivity index (χ4v) is 5.41. The van der Waals surface area contributed by atoms with Crippen LogP contribution in [0.3, 0.4) is 0 Å². The number of nitrogens with zero attached hydrogens (tertiary/aromatic N) is 2. The van der Waals surface area contributed by atoms with Gasteiger partial charge in [0.05, 0.1) is 23.2 Å². The molecule has 2 aromatic heterocycles. The van der Waals surface area contributed by atoms with Gasteiger partial charge in [-0.05, 0) is 91.3 Å². The van der Waals surface area contributed by atoms with Crippen LogP contribution in [0.5, 0.6) is 5.75 Å². The third kappa shape index (κ3) is 5.91. The van der Waals surface area contributed by atoms with Gasteiger partial charge in [0, 0.05) is 17.5 Å². The summed E-state index contributed by atoms with van der Waals surface area (Å²) in [6.07, 6.45) is 10.4. The number of benzene rings is 3. The molecular weight excluding hydrogens is 466 g/mol. The zero-order valence-corrected chi connectivity index (χ0v) is 23.0. The Labute approximate surface area is 226 Å².